The molecule has 20 heavy (non-hydrogen) atoms. The largest absolute Gasteiger partial charge is 0.290 e. The predicted octanol–water partition coefficient (Wildman–Crippen LogP) is 2.42. The molecule has 0 aliphatic heterocycles. The van der Waals surface area contributed by atoms with Crippen molar-refractivity contribution in [3.8, 4) is 0 Å². The summed E-state index contributed by atoms with van der Waals surface area (Å²) in [5.74, 6) is -0.508. The summed E-state index contributed by atoms with van der Waals surface area (Å²) in [6.07, 6.45) is 4.45. The quantitative estimate of drug-likeness (QED) is 0.775. The van der Waals surface area contributed by atoms with E-state index in [0.29, 0.717) is 16.5 Å². The van der Waals surface area contributed by atoms with Crippen molar-refractivity contribution >= 4 is 22.8 Å². The van der Waals surface area contributed by atoms with E-state index < -0.39 is 0 Å². The summed E-state index contributed by atoms with van der Waals surface area (Å²) in [5, 5.41) is 3.25. The molecule has 2 aromatic heterocycles. The number of carbonyl (C=O) groups is 1. The van der Waals surface area contributed by atoms with Gasteiger partial charge in [0.05, 0.1) is 11.1 Å². The molecular formula is C14H9FN4O. The van der Waals surface area contributed by atoms with E-state index in [1.165, 1.54) is 30.7 Å². The number of nitrogens with zero attached hydrogens (tertiary/aromatic N) is 3. The maximum Gasteiger partial charge on any atom is 0.259 e. The lowest BCUT2D eigenvalue weighted by Gasteiger charge is -2.04. The Bertz CT molecular complexity index is 776. The fourth-order valence-corrected chi connectivity index (χ4v) is 1.76. The fraction of sp³-hybridized carbons (Fsp3) is 0. The molecule has 2 heterocycles. The summed E-state index contributed by atoms with van der Waals surface area (Å²) < 4.78 is 13.0. The third-order valence-corrected chi connectivity index (χ3v) is 2.70. The molecule has 0 spiro atoms. The Morgan fingerprint density at radius 2 is 1.90 bits per heavy atom. The van der Waals surface area contributed by atoms with Crippen molar-refractivity contribution in [1.29, 1.82) is 0 Å². The van der Waals surface area contributed by atoms with Crippen molar-refractivity contribution < 1.29 is 9.18 Å². The van der Waals surface area contributed by atoms with Crippen LogP contribution in [0.5, 0.6) is 0 Å². The molecule has 1 aromatic carbocycles. The van der Waals surface area contributed by atoms with E-state index in [9.17, 15) is 9.18 Å². The summed E-state index contributed by atoms with van der Waals surface area (Å²) in [4.78, 5) is 23.9. The molecule has 0 atom stereocenters. The number of amides is 1. The normalized spacial score (nSPS) is 10.4. The van der Waals surface area contributed by atoms with Gasteiger partial charge in [0.2, 0.25) is 5.95 Å². The first-order valence-electron chi connectivity index (χ1n) is 5.86. The molecule has 5 nitrogen and oxygen atoms in total. The van der Waals surface area contributed by atoms with E-state index in [2.05, 4.69) is 20.3 Å². The minimum Gasteiger partial charge on any atom is -0.290 e. The zero-order valence-corrected chi connectivity index (χ0v) is 10.2. The van der Waals surface area contributed by atoms with Gasteiger partial charge in [0.15, 0.2) is 0 Å². The van der Waals surface area contributed by atoms with Gasteiger partial charge in [-0.2, -0.15) is 0 Å². The van der Waals surface area contributed by atoms with Crippen molar-refractivity contribution in [3.63, 3.8) is 0 Å². The monoisotopic (exact) mass is 268 g/mol. The molecule has 0 radical (unpaired) electrons. The highest BCUT2D eigenvalue weighted by molar-refractivity contribution is 6.04. The second kappa shape index (κ2) is 5.00. The zero-order chi connectivity index (χ0) is 13.9. The topological polar surface area (TPSA) is 67.8 Å². The highest BCUT2D eigenvalue weighted by Crippen LogP contribution is 2.15. The predicted molar refractivity (Wildman–Crippen MR) is 71.7 cm³/mol. The van der Waals surface area contributed by atoms with Gasteiger partial charge in [-0.15, -0.1) is 0 Å². The molecule has 3 rings (SSSR count). The van der Waals surface area contributed by atoms with Crippen molar-refractivity contribution in [3.05, 3.63) is 60.3 Å². The van der Waals surface area contributed by atoms with Crippen LogP contribution in [0.3, 0.4) is 0 Å². The van der Waals surface area contributed by atoms with E-state index in [0.717, 1.165) is 0 Å². The fourth-order valence-electron chi connectivity index (χ4n) is 1.76. The number of hydrogen-bond acceptors (Lipinski definition) is 4. The number of rotatable bonds is 2. The Labute approximate surface area is 113 Å². The van der Waals surface area contributed by atoms with Crippen LogP contribution < -0.4 is 5.32 Å². The first-order valence-corrected chi connectivity index (χ1v) is 5.86. The summed E-state index contributed by atoms with van der Waals surface area (Å²) in [6.45, 7) is 0. The van der Waals surface area contributed by atoms with E-state index in [-0.39, 0.29) is 17.7 Å². The van der Waals surface area contributed by atoms with Gasteiger partial charge in [-0.1, -0.05) is 0 Å². The van der Waals surface area contributed by atoms with Gasteiger partial charge in [-0.3, -0.25) is 15.1 Å². The summed E-state index contributed by atoms with van der Waals surface area (Å²) in [7, 11) is 0. The molecule has 0 aliphatic rings. The van der Waals surface area contributed by atoms with Gasteiger partial charge in [0, 0.05) is 30.0 Å². The number of nitrogens with one attached hydrogen (secondary N) is 1. The van der Waals surface area contributed by atoms with Crippen molar-refractivity contribution in [2.75, 3.05) is 5.32 Å². The molecule has 0 unspecified atom stereocenters. The highest BCUT2D eigenvalue weighted by atomic mass is 19.1. The van der Waals surface area contributed by atoms with Crippen LogP contribution in [0.25, 0.3) is 10.9 Å². The molecular weight excluding hydrogens is 259 g/mol. The summed E-state index contributed by atoms with van der Waals surface area (Å²) in [5.41, 5.74) is 0.856. The maximum atomic E-state index is 13.0. The number of anilines is 1. The molecule has 6 heteroatoms. The average Bonchev–Trinajstić information content (AvgIpc) is 2.47. The number of pyridine rings is 1. The Morgan fingerprint density at radius 1 is 1.10 bits per heavy atom. The molecule has 0 fully saturated rings. The van der Waals surface area contributed by atoms with Crippen LogP contribution in [-0.4, -0.2) is 20.9 Å². The molecule has 0 saturated carbocycles. The van der Waals surface area contributed by atoms with Gasteiger partial charge in [-0.25, -0.2) is 14.4 Å². The SMILES string of the molecule is O=C(Nc1ncccn1)c1cnc2cc(F)ccc2c1. The van der Waals surface area contributed by atoms with E-state index >= 15 is 0 Å². The molecule has 3 aromatic rings. The zero-order valence-electron chi connectivity index (χ0n) is 10.2. The number of fused-ring (bicyclic) bond motifs is 1. The number of halogens is 1. The standard InChI is InChI=1S/C14H9FN4O/c15-11-3-2-9-6-10(8-18-12(9)7-11)13(20)19-14-16-4-1-5-17-14/h1-8H,(H,16,17,19,20). The van der Waals surface area contributed by atoms with E-state index in [1.54, 1.807) is 18.2 Å². The van der Waals surface area contributed by atoms with Crippen LogP contribution >= 0.6 is 0 Å². The molecule has 0 aliphatic carbocycles. The molecule has 0 saturated heterocycles. The first kappa shape index (κ1) is 12.2. The van der Waals surface area contributed by atoms with E-state index in [1.807, 2.05) is 0 Å². The number of carbonyl (C=O) groups excluding carboxylic acids is 1. The van der Waals surface area contributed by atoms with Crippen molar-refractivity contribution in [2.45, 2.75) is 0 Å². The minimum absolute atomic E-state index is 0.219. The average molecular weight is 268 g/mol. The number of benzene rings is 1. The molecule has 98 valence electrons. The lowest BCUT2D eigenvalue weighted by atomic mass is 10.1. The Hall–Kier alpha value is -2.89. The van der Waals surface area contributed by atoms with Gasteiger partial charge < -0.3 is 0 Å². The highest BCUT2D eigenvalue weighted by Gasteiger charge is 2.09. The third kappa shape index (κ3) is 2.44. The Kier molecular flexibility index (Phi) is 3.04. The van der Waals surface area contributed by atoms with Gasteiger partial charge in [0.25, 0.3) is 5.91 Å². The summed E-state index contributed by atoms with van der Waals surface area (Å²) >= 11 is 0. The van der Waals surface area contributed by atoms with Crippen molar-refractivity contribution in [2.24, 2.45) is 0 Å². The smallest absolute Gasteiger partial charge is 0.259 e. The van der Waals surface area contributed by atoms with Crippen LogP contribution in [0.1, 0.15) is 10.4 Å². The number of hydrogen-bond donors (Lipinski definition) is 1. The third-order valence-electron chi connectivity index (χ3n) is 2.70. The Morgan fingerprint density at radius 3 is 2.70 bits per heavy atom. The van der Waals surface area contributed by atoms with Crippen LogP contribution in [0.4, 0.5) is 10.3 Å². The maximum absolute atomic E-state index is 13.0. The molecule has 0 bridgehead atoms. The van der Waals surface area contributed by atoms with Crippen LogP contribution in [-0.2, 0) is 0 Å². The van der Waals surface area contributed by atoms with Crippen LogP contribution in [0, 0.1) is 5.82 Å². The van der Waals surface area contributed by atoms with Gasteiger partial charge >= 0.3 is 0 Å². The second-order valence-electron chi connectivity index (χ2n) is 4.09. The van der Waals surface area contributed by atoms with Crippen LogP contribution in [0.2, 0.25) is 0 Å². The lowest BCUT2D eigenvalue weighted by molar-refractivity contribution is 0.102. The Balaban J connectivity index is 1.90. The number of aromatic nitrogens is 3. The van der Waals surface area contributed by atoms with Gasteiger partial charge in [-0.05, 0) is 24.3 Å². The van der Waals surface area contributed by atoms with E-state index in [4.69, 9.17) is 0 Å². The first-order chi connectivity index (χ1) is 9.72. The summed E-state index contributed by atoms with van der Waals surface area (Å²) in [6, 6.07) is 7.51. The van der Waals surface area contributed by atoms with Gasteiger partial charge in [0.1, 0.15) is 5.82 Å². The lowest BCUT2D eigenvalue weighted by Crippen LogP contribution is -2.14. The minimum atomic E-state index is -0.366. The molecule has 1 amide bonds. The van der Waals surface area contributed by atoms with Crippen LogP contribution in [0.15, 0.2) is 48.9 Å². The van der Waals surface area contributed by atoms with Crippen molar-refractivity contribution in [1.82, 2.24) is 15.0 Å². The molecule has 1 N–H and O–H groups in total. The second-order valence-corrected chi connectivity index (χ2v) is 4.09.